The van der Waals surface area contributed by atoms with Crippen molar-refractivity contribution in [2.24, 2.45) is 11.5 Å². The van der Waals surface area contributed by atoms with Gasteiger partial charge in [-0.2, -0.15) is 0 Å². The van der Waals surface area contributed by atoms with Crippen LogP contribution in [-0.2, 0) is 10.0 Å². The molecule has 0 fully saturated rings. The highest BCUT2D eigenvalue weighted by Crippen LogP contribution is 2.13. The molecule has 6 nitrogen and oxygen atoms in total. The second-order valence-corrected chi connectivity index (χ2v) is 5.54. The summed E-state index contributed by atoms with van der Waals surface area (Å²) in [4.78, 5) is 10.6. The molecule has 0 aliphatic heterocycles. The Morgan fingerprint density at radius 3 is 2.15 bits per heavy atom. The van der Waals surface area contributed by atoms with Crippen molar-refractivity contribution in [2.45, 2.75) is 10.8 Å². The molecular formula is C10H14ClF2N3O3S. The first-order valence-corrected chi connectivity index (χ1v) is 6.64. The van der Waals surface area contributed by atoms with Gasteiger partial charge in [0.25, 0.3) is 5.92 Å². The lowest BCUT2D eigenvalue weighted by molar-refractivity contribution is 0.0170. The summed E-state index contributed by atoms with van der Waals surface area (Å²) in [5.74, 6) is -4.04. The maximum absolute atomic E-state index is 12.9. The van der Waals surface area contributed by atoms with E-state index >= 15 is 0 Å². The van der Waals surface area contributed by atoms with Gasteiger partial charge >= 0.3 is 0 Å². The van der Waals surface area contributed by atoms with E-state index in [-0.39, 0.29) is 22.9 Å². The van der Waals surface area contributed by atoms with E-state index in [1.165, 1.54) is 12.1 Å². The quantitative estimate of drug-likeness (QED) is 0.685. The van der Waals surface area contributed by atoms with Gasteiger partial charge in [-0.25, -0.2) is 21.9 Å². The molecule has 0 atom stereocenters. The molecule has 0 bridgehead atoms. The first-order chi connectivity index (χ1) is 8.68. The SMILES string of the molecule is Cl.NCC(F)(F)CNS(=O)(=O)c1ccc(C(N)=O)cc1. The maximum atomic E-state index is 12.9. The average molecular weight is 330 g/mol. The van der Waals surface area contributed by atoms with Gasteiger partial charge in [-0.15, -0.1) is 12.4 Å². The van der Waals surface area contributed by atoms with Crippen LogP contribution in [0.1, 0.15) is 10.4 Å². The first kappa shape index (κ1) is 18.7. The highest BCUT2D eigenvalue weighted by Gasteiger charge is 2.29. The highest BCUT2D eigenvalue weighted by atomic mass is 35.5. The minimum Gasteiger partial charge on any atom is -0.366 e. The van der Waals surface area contributed by atoms with Crippen molar-refractivity contribution < 1.29 is 22.0 Å². The number of primary amides is 1. The van der Waals surface area contributed by atoms with Crippen LogP contribution in [0.25, 0.3) is 0 Å². The number of carbonyl (C=O) groups is 1. The Morgan fingerprint density at radius 1 is 1.25 bits per heavy atom. The Balaban J connectivity index is 0.00000361. The van der Waals surface area contributed by atoms with E-state index in [1.807, 2.05) is 0 Å². The molecule has 1 amide bonds. The highest BCUT2D eigenvalue weighted by molar-refractivity contribution is 7.89. The lowest BCUT2D eigenvalue weighted by atomic mass is 10.2. The van der Waals surface area contributed by atoms with Crippen molar-refractivity contribution in [3.63, 3.8) is 0 Å². The van der Waals surface area contributed by atoms with Crippen LogP contribution in [0.15, 0.2) is 29.2 Å². The Morgan fingerprint density at radius 2 is 1.75 bits per heavy atom. The molecule has 0 saturated heterocycles. The Hall–Kier alpha value is -1.29. The van der Waals surface area contributed by atoms with Crippen LogP contribution in [0, 0.1) is 0 Å². The third kappa shape index (κ3) is 5.00. The lowest BCUT2D eigenvalue weighted by Crippen LogP contribution is -2.41. The third-order valence-corrected chi connectivity index (χ3v) is 3.69. The largest absolute Gasteiger partial charge is 0.366 e. The number of halogens is 3. The van der Waals surface area contributed by atoms with Crippen molar-refractivity contribution in [2.75, 3.05) is 13.1 Å². The summed E-state index contributed by atoms with van der Waals surface area (Å²) in [6.45, 7) is -2.06. The van der Waals surface area contributed by atoms with E-state index in [9.17, 15) is 22.0 Å². The van der Waals surface area contributed by atoms with Crippen molar-refractivity contribution in [3.8, 4) is 0 Å². The fourth-order valence-corrected chi connectivity index (χ4v) is 2.22. The molecule has 0 aromatic heterocycles. The molecule has 1 aromatic carbocycles. The number of rotatable bonds is 6. The number of amides is 1. The minimum absolute atomic E-state index is 0. The summed E-state index contributed by atoms with van der Waals surface area (Å²) in [5.41, 5.74) is 9.90. The van der Waals surface area contributed by atoms with Crippen LogP contribution in [0.3, 0.4) is 0 Å². The van der Waals surface area contributed by atoms with Crippen molar-refractivity contribution >= 4 is 28.3 Å². The molecule has 0 aliphatic rings. The monoisotopic (exact) mass is 329 g/mol. The van der Waals surface area contributed by atoms with Gasteiger partial charge in [0.2, 0.25) is 15.9 Å². The van der Waals surface area contributed by atoms with E-state index in [0.29, 0.717) is 0 Å². The summed E-state index contributed by atoms with van der Waals surface area (Å²) in [6, 6.07) is 4.59. The van der Waals surface area contributed by atoms with Gasteiger partial charge in [0.05, 0.1) is 18.0 Å². The van der Waals surface area contributed by atoms with Gasteiger partial charge in [-0.3, -0.25) is 4.79 Å². The second-order valence-electron chi connectivity index (χ2n) is 3.77. The molecule has 1 rings (SSSR count). The molecule has 0 saturated carbocycles. The van der Waals surface area contributed by atoms with Gasteiger partial charge in [0.1, 0.15) is 0 Å². The van der Waals surface area contributed by atoms with Gasteiger partial charge in [0.15, 0.2) is 0 Å². The number of hydrogen-bond donors (Lipinski definition) is 3. The van der Waals surface area contributed by atoms with Crippen LogP contribution >= 0.6 is 12.4 Å². The predicted octanol–water partition coefficient (Wildman–Crippen LogP) is 0.0796. The van der Waals surface area contributed by atoms with E-state index < -0.39 is 34.9 Å². The van der Waals surface area contributed by atoms with Gasteiger partial charge < -0.3 is 11.5 Å². The van der Waals surface area contributed by atoms with Crippen LogP contribution < -0.4 is 16.2 Å². The van der Waals surface area contributed by atoms with Crippen LogP contribution in [0.4, 0.5) is 8.78 Å². The molecule has 20 heavy (non-hydrogen) atoms. The molecule has 0 unspecified atom stereocenters. The van der Waals surface area contributed by atoms with Crippen molar-refractivity contribution in [1.29, 1.82) is 0 Å². The van der Waals surface area contributed by atoms with E-state index in [2.05, 4.69) is 0 Å². The molecular weight excluding hydrogens is 316 g/mol. The van der Waals surface area contributed by atoms with Gasteiger partial charge in [-0.05, 0) is 24.3 Å². The topological polar surface area (TPSA) is 115 Å². The number of sulfonamides is 1. The van der Waals surface area contributed by atoms with Gasteiger partial charge in [-0.1, -0.05) is 0 Å². The maximum Gasteiger partial charge on any atom is 0.273 e. The van der Waals surface area contributed by atoms with Gasteiger partial charge in [0, 0.05) is 5.56 Å². The Bertz CT molecular complexity index is 564. The summed E-state index contributed by atoms with van der Waals surface area (Å²) in [7, 11) is -4.08. The second kappa shape index (κ2) is 6.93. The lowest BCUT2D eigenvalue weighted by Gasteiger charge is -2.14. The fraction of sp³-hybridized carbons (Fsp3) is 0.300. The molecule has 0 aliphatic carbocycles. The number of hydrogen-bond acceptors (Lipinski definition) is 4. The van der Waals surface area contributed by atoms with E-state index in [0.717, 1.165) is 12.1 Å². The molecule has 1 aromatic rings. The van der Waals surface area contributed by atoms with Crippen molar-refractivity contribution in [3.05, 3.63) is 29.8 Å². The molecule has 0 radical (unpaired) electrons. The summed E-state index contributed by atoms with van der Waals surface area (Å²) in [6.07, 6.45) is 0. The summed E-state index contributed by atoms with van der Waals surface area (Å²) >= 11 is 0. The van der Waals surface area contributed by atoms with Crippen LogP contribution in [0.5, 0.6) is 0 Å². The zero-order valence-corrected chi connectivity index (χ0v) is 11.8. The average Bonchev–Trinajstić information content (AvgIpc) is 2.37. The number of nitrogens with one attached hydrogen (secondary N) is 1. The van der Waals surface area contributed by atoms with Crippen LogP contribution in [-0.4, -0.2) is 33.3 Å². The standard InChI is InChI=1S/C10H13F2N3O3S.ClH/c11-10(12,5-13)6-15-19(17,18)8-3-1-7(2-4-8)9(14)16;/h1-4,15H,5-6,13H2,(H2,14,16);1H. The van der Waals surface area contributed by atoms with E-state index in [4.69, 9.17) is 11.5 Å². The predicted molar refractivity (Wildman–Crippen MR) is 71.4 cm³/mol. The number of alkyl halides is 2. The molecule has 114 valence electrons. The fourth-order valence-electron chi connectivity index (χ4n) is 1.15. The summed E-state index contributed by atoms with van der Waals surface area (Å²) in [5, 5.41) is 0. The molecule has 5 N–H and O–H groups in total. The number of benzene rings is 1. The summed E-state index contributed by atoms with van der Waals surface area (Å²) < 4.78 is 50.8. The number of carbonyl (C=O) groups excluding carboxylic acids is 1. The minimum atomic E-state index is -4.08. The zero-order chi connectivity index (χ0) is 14.7. The Kier molecular flexibility index (Phi) is 6.48. The zero-order valence-electron chi connectivity index (χ0n) is 10.2. The molecule has 10 heteroatoms. The Labute approximate surface area is 121 Å². The van der Waals surface area contributed by atoms with E-state index in [1.54, 1.807) is 4.72 Å². The van der Waals surface area contributed by atoms with Crippen LogP contribution in [0.2, 0.25) is 0 Å². The number of nitrogens with two attached hydrogens (primary N) is 2. The normalized spacial score (nSPS) is 11.8. The van der Waals surface area contributed by atoms with Crippen molar-refractivity contribution in [1.82, 2.24) is 4.72 Å². The smallest absolute Gasteiger partial charge is 0.273 e. The first-order valence-electron chi connectivity index (χ1n) is 5.15. The third-order valence-electron chi connectivity index (χ3n) is 2.27. The molecule has 0 heterocycles. The molecule has 0 spiro atoms.